The molecule has 2 rings (SSSR count). The summed E-state index contributed by atoms with van der Waals surface area (Å²) in [6, 6.07) is 5.84. The molecule has 0 aliphatic rings. The molecule has 0 atom stereocenters. The van der Waals surface area contributed by atoms with Crippen LogP contribution in [0.25, 0.3) is 11.0 Å². The Morgan fingerprint density at radius 1 is 1.36 bits per heavy atom. The Kier molecular flexibility index (Phi) is 2.46. The Morgan fingerprint density at radius 2 is 2.14 bits per heavy atom. The van der Waals surface area contributed by atoms with Gasteiger partial charge in [0.05, 0.1) is 11.0 Å². The molecule has 0 saturated carbocycles. The predicted octanol–water partition coefficient (Wildman–Crippen LogP) is 3.27. The predicted molar refractivity (Wildman–Crippen MR) is 59.8 cm³/mol. The maximum Gasteiger partial charge on any atom is 0.109 e. The van der Waals surface area contributed by atoms with Crippen molar-refractivity contribution in [1.29, 1.82) is 0 Å². The van der Waals surface area contributed by atoms with Crippen molar-refractivity contribution in [2.24, 2.45) is 0 Å². The molecule has 1 aromatic carbocycles. The van der Waals surface area contributed by atoms with E-state index in [0.717, 1.165) is 34.8 Å². The third kappa shape index (κ3) is 1.40. The first-order valence-electron chi connectivity index (χ1n) is 4.91. The highest BCUT2D eigenvalue weighted by Gasteiger charge is 2.07. The molecule has 0 radical (unpaired) electrons. The maximum absolute atomic E-state index is 5.96. The zero-order valence-corrected chi connectivity index (χ0v) is 9.17. The van der Waals surface area contributed by atoms with Gasteiger partial charge in [-0.3, -0.25) is 0 Å². The highest BCUT2D eigenvalue weighted by atomic mass is 35.5. The third-order valence-electron chi connectivity index (χ3n) is 2.42. The van der Waals surface area contributed by atoms with E-state index in [1.165, 1.54) is 0 Å². The number of halogens is 1. The number of hydrogen-bond donors (Lipinski definition) is 0. The van der Waals surface area contributed by atoms with Crippen LogP contribution < -0.4 is 0 Å². The Balaban J connectivity index is 2.74. The molecule has 2 aromatic rings. The lowest BCUT2D eigenvalue weighted by molar-refractivity contribution is 0.726. The van der Waals surface area contributed by atoms with Gasteiger partial charge >= 0.3 is 0 Å². The molecule has 0 fully saturated rings. The average Bonchev–Trinajstić information content (AvgIpc) is 2.54. The SMILES string of the molecule is CCc1nc2ccc(Cl)cc2n1CC. The Bertz CT molecular complexity index is 460. The Morgan fingerprint density at radius 3 is 2.79 bits per heavy atom. The quantitative estimate of drug-likeness (QED) is 0.741. The molecule has 0 unspecified atom stereocenters. The van der Waals surface area contributed by atoms with E-state index < -0.39 is 0 Å². The molecule has 1 heterocycles. The smallest absolute Gasteiger partial charge is 0.109 e. The van der Waals surface area contributed by atoms with Crippen molar-refractivity contribution < 1.29 is 0 Å². The second kappa shape index (κ2) is 3.62. The zero-order chi connectivity index (χ0) is 10.1. The molecule has 2 nitrogen and oxygen atoms in total. The van der Waals surface area contributed by atoms with E-state index in [0.29, 0.717) is 0 Å². The number of aromatic nitrogens is 2. The van der Waals surface area contributed by atoms with Crippen LogP contribution in [0.3, 0.4) is 0 Å². The number of rotatable bonds is 2. The highest BCUT2D eigenvalue weighted by molar-refractivity contribution is 6.31. The van der Waals surface area contributed by atoms with Gasteiger partial charge in [0.2, 0.25) is 0 Å². The number of imidazole rings is 1. The van der Waals surface area contributed by atoms with Crippen LogP contribution in [0.15, 0.2) is 18.2 Å². The van der Waals surface area contributed by atoms with Crippen LogP contribution in [0.1, 0.15) is 19.7 Å². The van der Waals surface area contributed by atoms with Crippen LogP contribution >= 0.6 is 11.6 Å². The molecular formula is C11H13ClN2. The van der Waals surface area contributed by atoms with Gasteiger partial charge < -0.3 is 4.57 Å². The van der Waals surface area contributed by atoms with Crippen LogP contribution in [0.4, 0.5) is 0 Å². The number of nitrogens with zero attached hydrogens (tertiary/aromatic N) is 2. The first-order valence-corrected chi connectivity index (χ1v) is 5.28. The monoisotopic (exact) mass is 208 g/mol. The van der Waals surface area contributed by atoms with Crippen molar-refractivity contribution in [1.82, 2.24) is 9.55 Å². The summed E-state index contributed by atoms with van der Waals surface area (Å²) in [7, 11) is 0. The minimum atomic E-state index is 0.773. The molecule has 0 aliphatic heterocycles. The molecule has 1 aromatic heterocycles. The van der Waals surface area contributed by atoms with E-state index in [9.17, 15) is 0 Å². The minimum Gasteiger partial charge on any atom is -0.328 e. The van der Waals surface area contributed by atoms with E-state index in [4.69, 9.17) is 11.6 Å². The summed E-state index contributed by atoms with van der Waals surface area (Å²) in [5.41, 5.74) is 2.17. The van der Waals surface area contributed by atoms with Gasteiger partial charge in [-0.15, -0.1) is 0 Å². The van der Waals surface area contributed by atoms with E-state index in [2.05, 4.69) is 23.4 Å². The topological polar surface area (TPSA) is 17.8 Å². The minimum absolute atomic E-state index is 0.773. The van der Waals surface area contributed by atoms with E-state index in [1.807, 2.05) is 18.2 Å². The first-order chi connectivity index (χ1) is 6.76. The molecule has 0 saturated heterocycles. The summed E-state index contributed by atoms with van der Waals surface area (Å²) in [4.78, 5) is 4.55. The summed E-state index contributed by atoms with van der Waals surface area (Å²) in [5, 5.41) is 0.773. The summed E-state index contributed by atoms with van der Waals surface area (Å²) >= 11 is 5.96. The van der Waals surface area contributed by atoms with Crippen molar-refractivity contribution >= 4 is 22.6 Å². The highest BCUT2D eigenvalue weighted by Crippen LogP contribution is 2.20. The lowest BCUT2D eigenvalue weighted by Crippen LogP contribution is -1.99. The molecule has 14 heavy (non-hydrogen) atoms. The number of benzene rings is 1. The Hall–Kier alpha value is -1.02. The fraction of sp³-hybridized carbons (Fsp3) is 0.364. The van der Waals surface area contributed by atoms with Crippen molar-refractivity contribution in [2.45, 2.75) is 26.8 Å². The summed E-state index contributed by atoms with van der Waals surface area (Å²) in [5.74, 6) is 1.13. The van der Waals surface area contributed by atoms with Gasteiger partial charge in [-0.25, -0.2) is 4.98 Å². The summed E-state index contributed by atoms with van der Waals surface area (Å²) in [6.07, 6.45) is 0.958. The second-order valence-corrected chi connectivity index (χ2v) is 3.70. The van der Waals surface area contributed by atoms with Crippen LogP contribution in [-0.4, -0.2) is 9.55 Å². The standard InChI is InChI=1S/C11H13ClN2/c1-3-11-13-9-6-5-8(12)7-10(9)14(11)4-2/h5-7H,3-4H2,1-2H3. The average molecular weight is 209 g/mol. The van der Waals surface area contributed by atoms with Crippen molar-refractivity contribution in [2.75, 3.05) is 0 Å². The zero-order valence-electron chi connectivity index (χ0n) is 8.42. The van der Waals surface area contributed by atoms with Crippen molar-refractivity contribution in [3.63, 3.8) is 0 Å². The van der Waals surface area contributed by atoms with E-state index in [-0.39, 0.29) is 0 Å². The molecule has 3 heteroatoms. The molecule has 0 bridgehead atoms. The lowest BCUT2D eigenvalue weighted by atomic mass is 10.3. The molecular weight excluding hydrogens is 196 g/mol. The normalized spacial score (nSPS) is 11.1. The molecule has 0 amide bonds. The van der Waals surface area contributed by atoms with Gasteiger partial charge in [-0.05, 0) is 25.1 Å². The van der Waals surface area contributed by atoms with Gasteiger partial charge in [-0.2, -0.15) is 0 Å². The molecule has 0 N–H and O–H groups in total. The fourth-order valence-electron chi connectivity index (χ4n) is 1.77. The number of hydrogen-bond acceptors (Lipinski definition) is 1. The fourth-order valence-corrected chi connectivity index (χ4v) is 1.93. The van der Waals surface area contributed by atoms with Gasteiger partial charge in [0, 0.05) is 18.0 Å². The van der Waals surface area contributed by atoms with Crippen LogP contribution in [-0.2, 0) is 13.0 Å². The molecule has 0 aliphatic carbocycles. The lowest BCUT2D eigenvalue weighted by Gasteiger charge is -2.03. The number of fused-ring (bicyclic) bond motifs is 1. The van der Waals surface area contributed by atoms with Crippen LogP contribution in [0.2, 0.25) is 5.02 Å². The third-order valence-corrected chi connectivity index (χ3v) is 2.66. The van der Waals surface area contributed by atoms with Gasteiger partial charge in [0.15, 0.2) is 0 Å². The largest absolute Gasteiger partial charge is 0.328 e. The number of aryl methyl sites for hydroxylation is 2. The molecule has 74 valence electrons. The van der Waals surface area contributed by atoms with Crippen molar-refractivity contribution in [3.8, 4) is 0 Å². The van der Waals surface area contributed by atoms with E-state index >= 15 is 0 Å². The summed E-state index contributed by atoms with van der Waals surface area (Å²) < 4.78 is 2.21. The summed E-state index contributed by atoms with van der Waals surface area (Å²) in [6.45, 7) is 5.19. The first kappa shape index (κ1) is 9.53. The van der Waals surface area contributed by atoms with Gasteiger partial charge in [-0.1, -0.05) is 18.5 Å². The molecule has 0 spiro atoms. The Labute approximate surface area is 88.5 Å². The van der Waals surface area contributed by atoms with Crippen LogP contribution in [0, 0.1) is 0 Å². The second-order valence-electron chi connectivity index (χ2n) is 3.26. The maximum atomic E-state index is 5.96. The van der Waals surface area contributed by atoms with Crippen molar-refractivity contribution in [3.05, 3.63) is 29.0 Å². The van der Waals surface area contributed by atoms with Gasteiger partial charge in [0.25, 0.3) is 0 Å². The van der Waals surface area contributed by atoms with E-state index in [1.54, 1.807) is 0 Å². The van der Waals surface area contributed by atoms with Gasteiger partial charge in [0.1, 0.15) is 5.82 Å². The van der Waals surface area contributed by atoms with Crippen LogP contribution in [0.5, 0.6) is 0 Å².